The van der Waals surface area contributed by atoms with Crippen LogP contribution in [0.4, 0.5) is 0 Å². The summed E-state index contributed by atoms with van der Waals surface area (Å²) < 4.78 is 1.53. The van der Waals surface area contributed by atoms with Crippen molar-refractivity contribution in [1.82, 2.24) is 9.38 Å². The van der Waals surface area contributed by atoms with Crippen molar-refractivity contribution in [3.05, 3.63) is 45.2 Å². The molecule has 0 bridgehead atoms. The third kappa shape index (κ3) is 1.26. The Balaban J connectivity index is 2.64. The monoisotopic (exact) mass is 236 g/mol. The minimum atomic E-state index is -0.0706. The van der Waals surface area contributed by atoms with Gasteiger partial charge in [0.1, 0.15) is 0 Å². The molecule has 15 heavy (non-hydrogen) atoms. The summed E-state index contributed by atoms with van der Waals surface area (Å²) in [4.78, 5) is 17.0. The number of halogens is 1. The lowest BCUT2D eigenvalue weighted by molar-refractivity contribution is 1.11. The molecule has 5 heteroatoms. The Morgan fingerprint density at radius 1 is 1.40 bits per heavy atom. The van der Waals surface area contributed by atoms with E-state index in [2.05, 4.69) is 4.98 Å². The summed E-state index contributed by atoms with van der Waals surface area (Å²) >= 11 is 7.28. The van der Waals surface area contributed by atoms with Gasteiger partial charge >= 0.3 is 0 Å². The lowest BCUT2D eigenvalue weighted by atomic mass is 10.2. The third-order valence-corrected chi connectivity index (χ3v) is 3.21. The summed E-state index contributed by atoms with van der Waals surface area (Å²) in [5, 5.41) is 2.94. The van der Waals surface area contributed by atoms with E-state index in [0.717, 1.165) is 0 Å². The zero-order chi connectivity index (χ0) is 10.4. The predicted molar refractivity (Wildman–Crippen MR) is 61.9 cm³/mol. The SMILES string of the molecule is O=c1c2cc(Cl)ccc2nc2sccn12. The summed E-state index contributed by atoms with van der Waals surface area (Å²) in [5.74, 6) is 0. The maximum absolute atomic E-state index is 12.0. The number of nitrogens with zero attached hydrogens (tertiary/aromatic N) is 2. The molecule has 0 fully saturated rings. The highest BCUT2D eigenvalue weighted by molar-refractivity contribution is 7.15. The number of fused-ring (bicyclic) bond motifs is 2. The van der Waals surface area contributed by atoms with E-state index in [0.29, 0.717) is 20.9 Å². The lowest BCUT2D eigenvalue weighted by Crippen LogP contribution is -2.12. The molecule has 0 N–H and O–H groups in total. The van der Waals surface area contributed by atoms with Crippen LogP contribution in [0.3, 0.4) is 0 Å². The van der Waals surface area contributed by atoms with E-state index in [-0.39, 0.29) is 5.56 Å². The van der Waals surface area contributed by atoms with Crippen molar-refractivity contribution in [1.29, 1.82) is 0 Å². The Bertz CT molecular complexity index is 716. The van der Waals surface area contributed by atoms with E-state index in [4.69, 9.17) is 11.6 Å². The molecule has 2 heterocycles. The Labute approximate surface area is 93.6 Å². The van der Waals surface area contributed by atoms with Gasteiger partial charge in [0.25, 0.3) is 5.56 Å². The highest BCUT2D eigenvalue weighted by atomic mass is 35.5. The molecule has 2 aromatic heterocycles. The van der Waals surface area contributed by atoms with E-state index in [1.807, 2.05) is 5.38 Å². The van der Waals surface area contributed by atoms with Gasteiger partial charge in [-0.3, -0.25) is 9.20 Å². The van der Waals surface area contributed by atoms with E-state index in [9.17, 15) is 4.79 Å². The second kappa shape index (κ2) is 3.05. The molecule has 0 atom stereocenters. The number of rotatable bonds is 0. The van der Waals surface area contributed by atoms with Crippen molar-refractivity contribution < 1.29 is 0 Å². The molecule has 3 nitrogen and oxygen atoms in total. The van der Waals surface area contributed by atoms with Gasteiger partial charge < -0.3 is 0 Å². The highest BCUT2D eigenvalue weighted by Gasteiger charge is 2.05. The predicted octanol–water partition coefficient (Wildman–Crippen LogP) is 2.56. The van der Waals surface area contributed by atoms with Crippen LogP contribution in [-0.4, -0.2) is 9.38 Å². The van der Waals surface area contributed by atoms with Gasteiger partial charge in [0.2, 0.25) is 0 Å². The first-order valence-corrected chi connectivity index (χ1v) is 5.56. The topological polar surface area (TPSA) is 34.4 Å². The largest absolute Gasteiger partial charge is 0.268 e. The van der Waals surface area contributed by atoms with Crippen LogP contribution >= 0.6 is 22.9 Å². The molecular formula is C10H5ClN2OS. The van der Waals surface area contributed by atoms with Gasteiger partial charge in [0.15, 0.2) is 4.96 Å². The maximum Gasteiger partial charge on any atom is 0.266 e. The number of aromatic nitrogens is 2. The molecule has 0 radical (unpaired) electrons. The molecule has 0 aliphatic carbocycles. The van der Waals surface area contributed by atoms with Crippen LogP contribution in [0.2, 0.25) is 5.02 Å². The molecule has 0 unspecified atom stereocenters. The first-order valence-electron chi connectivity index (χ1n) is 4.31. The number of thiazole rings is 1. The summed E-state index contributed by atoms with van der Waals surface area (Å²) in [5.41, 5.74) is 0.616. The average molecular weight is 237 g/mol. The fourth-order valence-electron chi connectivity index (χ4n) is 1.52. The molecule has 3 rings (SSSR count). The van der Waals surface area contributed by atoms with E-state index < -0.39 is 0 Å². The Kier molecular flexibility index (Phi) is 1.81. The van der Waals surface area contributed by atoms with Crippen LogP contribution in [0.5, 0.6) is 0 Å². The molecule has 0 saturated heterocycles. The molecule has 0 saturated carbocycles. The molecule has 1 aromatic carbocycles. The number of hydrogen-bond donors (Lipinski definition) is 0. The van der Waals surface area contributed by atoms with Gasteiger partial charge in [-0.1, -0.05) is 11.6 Å². The average Bonchev–Trinajstić information content (AvgIpc) is 2.68. The second-order valence-electron chi connectivity index (χ2n) is 3.13. The summed E-state index contributed by atoms with van der Waals surface area (Å²) in [6, 6.07) is 5.15. The highest BCUT2D eigenvalue weighted by Crippen LogP contribution is 2.17. The van der Waals surface area contributed by atoms with Gasteiger partial charge in [-0.2, -0.15) is 0 Å². The fraction of sp³-hybridized carbons (Fsp3) is 0. The molecular weight excluding hydrogens is 232 g/mol. The summed E-state index contributed by atoms with van der Waals surface area (Å²) in [7, 11) is 0. The Morgan fingerprint density at radius 2 is 2.27 bits per heavy atom. The van der Waals surface area contributed by atoms with Crippen LogP contribution in [0.1, 0.15) is 0 Å². The normalized spacial score (nSPS) is 11.3. The third-order valence-electron chi connectivity index (χ3n) is 2.21. The smallest absolute Gasteiger partial charge is 0.266 e. The van der Waals surface area contributed by atoms with Crippen molar-refractivity contribution in [3.8, 4) is 0 Å². The van der Waals surface area contributed by atoms with Gasteiger partial charge in [0.05, 0.1) is 10.9 Å². The molecule has 0 aliphatic rings. The molecule has 0 spiro atoms. The fourth-order valence-corrected chi connectivity index (χ4v) is 2.40. The quantitative estimate of drug-likeness (QED) is 0.601. The van der Waals surface area contributed by atoms with E-state index >= 15 is 0 Å². The van der Waals surface area contributed by atoms with Crippen LogP contribution in [0.15, 0.2) is 34.6 Å². The van der Waals surface area contributed by atoms with Crippen molar-refractivity contribution in [2.75, 3.05) is 0 Å². The first-order chi connectivity index (χ1) is 7.25. The molecule has 0 amide bonds. The van der Waals surface area contributed by atoms with Gasteiger partial charge in [-0.05, 0) is 18.2 Å². The van der Waals surface area contributed by atoms with Gasteiger partial charge in [-0.25, -0.2) is 4.98 Å². The maximum atomic E-state index is 12.0. The number of hydrogen-bond acceptors (Lipinski definition) is 3. The van der Waals surface area contributed by atoms with E-state index in [1.165, 1.54) is 15.7 Å². The summed E-state index contributed by atoms with van der Waals surface area (Å²) in [6.07, 6.45) is 1.72. The molecule has 74 valence electrons. The van der Waals surface area contributed by atoms with Crippen LogP contribution in [-0.2, 0) is 0 Å². The zero-order valence-electron chi connectivity index (χ0n) is 7.48. The van der Waals surface area contributed by atoms with Crippen molar-refractivity contribution in [2.45, 2.75) is 0 Å². The zero-order valence-corrected chi connectivity index (χ0v) is 9.05. The minimum Gasteiger partial charge on any atom is -0.268 e. The Hall–Kier alpha value is -1.39. The van der Waals surface area contributed by atoms with Gasteiger partial charge in [0, 0.05) is 16.6 Å². The molecule has 0 aliphatic heterocycles. The minimum absolute atomic E-state index is 0.0706. The number of benzene rings is 1. The Morgan fingerprint density at radius 3 is 3.13 bits per heavy atom. The van der Waals surface area contributed by atoms with Crippen molar-refractivity contribution in [2.24, 2.45) is 0 Å². The van der Waals surface area contributed by atoms with Gasteiger partial charge in [-0.15, -0.1) is 11.3 Å². The molecule has 3 aromatic rings. The van der Waals surface area contributed by atoms with Crippen LogP contribution < -0.4 is 5.56 Å². The van der Waals surface area contributed by atoms with Crippen molar-refractivity contribution >= 4 is 38.8 Å². The second-order valence-corrected chi connectivity index (χ2v) is 4.44. The summed E-state index contributed by atoms with van der Waals surface area (Å²) in [6.45, 7) is 0. The van der Waals surface area contributed by atoms with Crippen LogP contribution in [0, 0.1) is 0 Å². The van der Waals surface area contributed by atoms with Crippen molar-refractivity contribution in [3.63, 3.8) is 0 Å². The van der Waals surface area contributed by atoms with E-state index in [1.54, 1.807) is 24.4 Å². The first kappa shape index (κ1) is 8.88. The van der Waals surface area contributed by atoms with Crippen LogP contribution in [0.25, 0.3) is 15.9 Å². The standard InChI is InChI=1S/C10H5ClN2OS/c11-6-1-2-8-7(5-6)9(14)13-3-4-15-10(13)12-8/h1-5H. The lowest BCUT2D eigenvalue weighted by Gasteiger charge is -1.98.